The molecule has 0 spiro atoms. The van der Waals surface area contributed by atoms with Crippen LogP contribution in [-0.4, -0.2) is 35.0 Å². The summed E-state index contributed by atoms with van der Waals surface area (Å²) in [7, 11) is 2.16. The zero-order valence-corrected chi connectivity index (χ0v) is 9.77. The maximum atomic E-state index is 4.34. The molecule has 3 heteroatoms. The molecule has 1 aromatic heterocycles. The Morgan fingerprint density at radius 1 is 1.40 bits per heavy atom. The quantitative estimate of drug-likeness (QED) is 0.752. The molecule has 0 N–H and O–H groups in total. The molecule has 0 saturated carbocycles. The van der Waals surface area contributed by atoms with Crippen molar-refractivity contribution in [1.82, 2.24) is 14.9 Å². The number of rotatable bonds is 3. The van der Waals surface area contributed by atoms with Crippen molar-refractivity contribution in [3.63, 3.8) is 0 Å². The van der Waals surface area contributed by atoms with E-state index in [2.05, 4.69) is 41.8 Å². The highest BCUT2D eigenvalue weighted by Crippen LogP contribution is 2.19. The van der Waals surface area contributed by atoms with Crippen molar-refractivity contribution >= 4 is 0 Å². The van der Waals surface area contributed by atoms with Crippen LogP contribution >= 0.6 is 0 Å². The van der Waals surface area contributed by atoms with Crippen LogP contribution in [0.5, 0.6) is 0 Å². The number of hydrogen-bond donors (Lipinski definition) is 0. The third-order valence-corrected chi connectivity index (χ3v) is 2.97. The van der Waals surface area contributed by atoms with Gasteiger partial charge in [-0.05, 0) is 31.4 Å². The molecule has 2 rings (SSSR count). The lowest BCUT2D eigenvalue weighted by molar-refractivity contribution is 0.134. The Kier molecular flexibility index (Phi) is 3.00. The van der Waals surface area contributed by atoms with Gasteiger partial charge in [0.05, 0.1) is 0 Å². The Bertz CT molecular complexity index is 329. The molecular formula is C12H19N3. The van der Waals surface area contributed by atoms with Crippen LogP contribution in [0.1, 0.15) is 31.2 Å². The molecule has 0 amide bonds. The van der Waals surface area contributed by atoms with Gasteiger partial charge in [-0.25, -0.2) is 9.97 Å². The highest BCUT2D eigenvalue weighted by molar-refractivity contribution is 5.12. The van der Waals surface area contributed by atoms with Crippen LogP contribution in [0.3, 0.4) is 0 Å². The van der Waals surface area contributed by atoms with Crippen molar-refractivity contribution in [2.75, 3.05) is 20.1 Å². The number of likely N-dealkylation sites (tertiary alicyclic amines) is 1. The Balaban J connectivity index is 1.99. The van der Waals surface area contributed by atoms with E-state index in [1.807, 2.05) is 0 Å². The molecule has 1 saturated heterocycles. The van der Waals surface area contributed by atoms with Gasteiger partial charge >= 0.3 is 0 Å². The van der Waals surface area contributed by atoms with E-state index in [-0.39, 0.29) is 0 Å². The second-order valence-corrected chi connectivity index (χ2v) is 4.88. The predicted molar refractivity (Wildman–Crippen MR) is 60.8 cm³/mol. The molecule has 82 valence electrons. The van der Waals surface area contributed by atoms with E-state index in [9.17, 15) is 0 Å². The first kappa shape index (κ1) is 10.6. The maximum absolute atomic E-state index is 4.34. The van der Waals surface area contributed by atoms with Crippen LogP contribution < -0.4 is 0 Å². The first-order chi connectivity index (χ1) is 7.15. The molecule has 0 unspecified atom stereocenters. The van der Waals surface area contributed by atoms with Gasteiger partial charge in [-0.3, -0.25) is 0 Å². The Morgan fingerprint density at radius 2 is 2.13 bits per heavy atom. The van der Waals surface area contributed by atoms with Gasteiger partial charge in [0.15, 0.2) is 0 Å². The minimum atomic E-state index is 0.496. The molecule has 1 aromatic rings. The van der Waals surface area contributed by atoms with Crippen molar-refractivity contribution < 1.29 is 0 Å². The Morgan fingerprint density at radius 3 is 2.73 bits per heavy atom. The van der Waals surface area contributed by atoms with Gasteiger partial charge in [-0.15, -0.1) is 0 Å². The molecular weight excluding hydrogens is 186 g/mol. The molecule has 3 nitrogen and oxygen atoms in total. The molecule has 0 bridgehead atoms. The standard InChI is InChI=1S/C12H19N3/c1-9(2)12-5-11(13-8-14-12)4-10-6-15(3)7-10/h5,8-10H,4,6-7H2,1-3H3. The minimum Gasteiger partial charge on any atom is -0.306 e. The normalized spacial score (nSPS) is 18.1. The van der Waals surface area contributed by atoms with E-state index in [4.69, 9.17) is 0 Å². The van der Waals surface area contributed by atoms with Gasteiger partial charge in [-0.1, -0.05) is 13.8 Å². The number of hydrogen-bond acceptors (Lipinski definition) is 3. The third-order valence-electron chi connectivity index (χ3n) is 2.97. The maximum Gasteiger partial charge on any atom is 0.115 e. The van der Waals surface area contributed by atoms with Crippen molar-refractivity contribution in [2.24, 2.45) is 5.92 Å². The highest BCUT2D eigenvalue weighted by atomic mass is 15.2. The van der Waals surface area contributed by atoms with E-state index < -0.39 is 0 Å². The average Bonchev–Trinajstić information content (AvgIpc) is 2.16. The number of nitrogens with zero attached hydrogens (tertiary/aromatic N) is 3. The average molecular weight is 205 g/mol. The first-order valence-corrected chi connectivity index (χ1v) is 5.64. The SMILES string of the molecule is CC(C)c1cc(CC2CN(C)C2)ncn1. The zero-order chi connectivity index (χ0) is 10.8. The fraction of sp³-hybridized carbons (Fsp3) is 0.667. The molecule has 15 heavy (non-hydrogen) atoms. The fourth-order valence-electron chi connectivity index (χ4n) is 2.10. The Labute approximate surface area is 91.5 Å². The van der Waals surface area contributed by atoms with Crippen molar-refractivity contribution in [1.29, 1.82) is 0 Å². The minimum absolute atomic E-state index is 0.496. The van der Waals surface area contributed by atoms with Gasteiger partial charge in [0.2, 0.25) is 0 Å². The van der Waals surface area contributed by atoms with Crippen LogP contribution in [0.4, 0.5) is 0 Å². The van der Waals surface area contributed by atoms with E-state index in [0.29, 0.717) is 5.92 Å². The van der Waals surface area contributed by atoms with Gasteiger partial charge in [0.25, 0.3) is 0 Å². The van der Waals surface area contributed by atoms with E-state index in [1.165, 1.54) is 18.8 Å². The summed E-state index contributed by atoms with van der Waals surface area (Å²) in [6, 6.07) is 2.16. The van der Waals surface area contributed by atoms with Crippen molar-refractivity contribution in [2.45, 2.75) is 26.2 Å². The summed E-state index contributed by atoms with van der Waals surface area (Å²) < 4.78 is 0. The van der Waals surface area contributed by atoms with Crippen LogP contribution in [-0.2, 0) is 6.42 Å². The molecule has 0 aromatic carbocycles. The van der Waals surface area contributed by atoms with E-state index >= 15 is 0 Å². The highest BCUT2D eigenvalue weighted by Gasteiger charge is 2.23. The summed E-state index contributed by atoms with van der Waals surface area (Å²) >= 11 is 0. The topological polar surface area (TPSA) is 29.0 Å². The summed E-state index contributed by atoms with van der Waals surface area (Å²) in [6.45, 7) is 6.76. The third kappa shape index (κ3) is 2.53. The molecule has 1 aliphatic rings. The summed E-state index contributed by atoms with van der Waals surface area (Å²) in [5.41, 5.74) is 2.36. The van der Waals surface area contributed by atoms with Gasteiger partial charge < -0.3 is 4.90 Å². The summed E-state index contributed by atoms with van der Waals surface area (Å²) in [6.07, 6.45) is 2.81. The van der Waals surface area contributed by atoms with Crippen molar-refractivity contribution in [3.8, 4) is 0 Å². The number of aromatic nitrogens is 2. The second kappa shape index (κ2) is 4.27. The largest absolute Gasteiger partial charge is 0.306 e. The van der Waals surface area contributed by atoms with Gasteiger partial charge in [-0.2, -0.15) is 0 Å². The molecule has 0 atom stereocenters. The van der Waals surface area contributed by atoms with Crippen LogP contribution in [0, 0.1) is 5.92 Å². The molecule has 1 fully saturated rings. The lowest BCUT2D eigenvalue weighted by atomic mass is 9.94. The smallest absolute Gasteiger partial charge is 0.115 e. The zero-order valence-electron chi connectivity index (χ0n) is 9.77. The summed E-state index contributed by atoms with van der Waals surface area (Å²) in [5.74, 6) is 1.29. The molecule has 1 aliphatic heterocycles. The molecule has 0 radical (unpaired) electrons. The summed E-state index contributed by atoms with van der Waals surface area (Å²) in [5, 5.41) is 0. The van der Waals surface area contributed by atoms with Crippen LogP contribution in [0.2, 0.25) is 0 Å². The van der Waals surface area contributed by atoms with Crippen LogP contribution in [0.15, 0.2) is 12.4 Å². The first-order valence-electron chi connectivity index (χ1n) is 5.64. The lowest BCUT2D eigenvalue weighted by Gasteiger charge is -2.36. The fourth-order valence-corrected chi connectivity index (χ4v) is 2.10. The second-order valence-electron chi connectivity index (χ2n) is 4.88. The molecule has 0 aliphatic carbocycles. The van der Waals surface area contributed by atoms with Crippen molar-refractivity contribution in [3.05, 3.63) is 23.8 Å². The van der Waals surface area contributed by atoms with E-state index in [1.54, 1.807) is 6.33 Å². The van der Waals surface area contributed by atoms with Gasteiger partial charge in [0.1, 0.15) is 6.33 Å². The van der Waals surface area contributed by atoms with Gasteiger partial charge in [0, 0.05) is 24.5 Å². The predicted octanol–water partition coefficient (Wildman–Crippen LogP) is 1.70. The van der Waals surface area contributed by atoms with Crippen LogP contribution in [0.25, 0.3) is 0 Å². The Hall–Kier alpha value is -0.960. The monoisotopic (exact) mass is 205 g/mol. The summed E-state index contributed by atoms with van der Waals surface area (Å²) in [4.78, 5) is 11.0. The lowest BCUT2D eigenvalue weighted by Crippen LogP contribution is -2.44. The molecule has 2 heterocycles. The van der Waals surface area contributed by atoms with E-state index in [0.717, 1.165) is 18.0 Å².